The first-order valence-corrected chi connectivity index (χ1v) is 12.8. The summed E-state index contributed by atoms with van der Waals surface area (Å²) in [5, 5.41) is 0. The number of halogens is 2. The van der Waals surface area contributed by atoms with E-state index < -0.39 is 31.7 Å². The van der Waals surface area contributed by atoms with Crippen LogP contribution in [0.4, 0.5) is 20.2 Å². The molecule has 0 aliphatic heterocycles. The molecule has 0 saturated heterocycles. The summed E-state index contributed by atoms with van der Waals surface area (Å²) < 4.78 is 77.7. The van der Waals surface area contributed by atoms with Crippen molar-refractivity contribution < 1.29 is 25.6 Å². The van der Waals surface area contributed by atoms with Crippen LogP contribution in [0.2, 0.25) is 0 Å². The van der Waals surface area contributed by atoms with Crippen molar-refractivity contribution in [3.8, 4) is 0 Å². The SMILES string of the molecule is O=S(=O)(Nc1ccccc1)c1ccc(F)cc1.O=S(=O)(Nc1ccccc1)c1ccc(F)cc1. The first kappa shape index (κ1) is 24.9. The lowest BCUT2D eigenvalue weighted by molar-refractivity contribution is 0.597. The fraction of sp³-hybridized carbons (Fsp3) is 0. The molecule has 176 valence electrons. The molecular weight excluding hydrogens is 482 g/mol. The maximum absolute atomic E-state index is 12.7. The highest BCUT2D eigenvalue weighted by atomic mass is 32.2. The minimum absolute atomic E-state index is 0.0303. The summed E-state index contributed by atoms with van der Waals surface area (Å²) in [6.45, 7) is 0. The molecule has 0 fully saturated rings. The van der Waals surface area contributed by atoms with Crippen molar-refractivity contribution in [2.24, 2.45) is 0 Å². The Morgan fingerprint density at radius 3 is 1.03 bits per heavy atom. The highest BCUT2D eigenvalue weighted by molar-refractivity contribution is 7.93. The number of hydrogen-bond donors (Lipinski definition) is 2. The van der Waals surface area contributed by atoms with E-state index in [0.29, 0.717) is 11.4 Å². The van der Waals surface area contributed by atoms with Gasteiger partial charge < -0.3 is 0 Å². The van der Waals surface area contributed by atoms with E-state index in [1.165, 1.54) is 24.3 Å². The Balaban J connectivity index is 0.000000191. The maximum atomic E-state index is 12.7. The van der Waals surface area contributed by atoms with Crippen molar-refractivity contribution in [1.29, 1.82) is 0 Å². The number of anilines is 2. The molecular formula is C24H20F2N2O4S2. The van der Waals surface area contributed by atoms with E-state index in [1.807, 2.05) is 0 Å². The van der Waals surface area contributed by atoms with E-state index in [2.05, 4.69) is 9.44 Å². The second-order valence-corrected chi connectivity index (χ2v) is 10.2. The summed E-state index contributed by atoms with van der Waals surface area (Å²) in [5.41, 5.74) is 0.939. The van der Waals surface area contributed by atoms with E-state index in [4.69, 9.17) is 0 Å². The monoisotopic (exact) mass is 502 g/mol. The van der Waals surface area contributed by atoms with Gasteiger partial charge in [-0.1, -0.05) is 36.4 Å². The summed E-state index contributed by atoms with van der Waals surface area (Å²) in [6.07, 6.45) is 0. The van der Waals surface area contributed by atoms with Crippen LogP contribution >= 0.6 is 0 Å². The highest BCUT2D eigenvalue weighted by Gasteiger charge is 2.14. The minimum atomic E-state index is -3.65. The molecule has 34 heavy (non-hydrogen) atoms. The Hall–Kier alpha value is -3.76. The molecule has 0 unspecified atom stereocenters. The molecule has 0 spiro atoms. The fourth-order valence-corrected chi connectivity index (χ4v) is 4.79. The number of hydrogen-bond acceptors (Lipinski definition) is 4. The van der Waals surface area contributed by atoms with Gasteiger partial charge in [-0.05, 0) is 72.8 Å². The molecule has 0 radical (unpaired) electrons. The van der Waals surface area contributed by atoms with E-state index in [0.717, 1.165) is 24.3 Å². The van der Waals surface area contributed by atoms with Gasteiger partial charge in [-0.25, -0.2) is 25.6 Å². The summed E-state index contributed by atoms with van der Waals surface area (Å²) >= 11 is 0. The average Bonchev–Trinajstić information content (AvgIpc) is 2.81. The number of sulfonamides is 2. The number of rotatable bonds is 6. The van der Waals surface area contributed by atoms with E-state index in [1.54, 1.807) is 60.7 Å². The first-order valence-electron chi connectivity index (χ1n) is 9.83. The molecule has 0 atom stereocenters. The van der Waals surface area contributed by atoms with Crippen LogP contribution in [0.15, 0.2) is 119 Å². The quantitative estimate of drug-likeness (QED) is 0.377. The molecule has 0 heterocycles. The lowest BCUT2D eigenvalue weighted by atomic mass is 10.3. The summed E-state index contributed by atoms with van der Waals surface area (Å²) in [4.78, 5) is 0.0607. The van der Waals surface area contributed by atoms with Crippen LogP contribution in [-0.4, -0.2) is 16.8 Å². The third kappa shape index (κ3) is 7.12. The second kappa shape index (κ2) is 10.9. The molecule has 0 saturated carbocycles. The predicted molar refractivity (Wildman–Crippen MR) is 127 cm³/mol. The number of para-hydroxylation sites is 2. The van der Waals surface area contributed by atoms with Gasteiger partial charge >= 0.3 is 0 Å². The van der Waals surface area contributed by atoms with Gasteiger partial charge in [0.15, 0.2) is 0 Å². The third-order valence-corrected chi connectivity index (χ3v) is 7.09. The van der Waals surface area contributed by atoms with E-state index in [-0.39, 0.29) is 9.79 Å². The van der Waals surface area contributed by atoms with Crippen molar-refractivity contribution >= 4 is 31.4 Å². The van der Waals surface area contributed by atoms with Crippen molar-refractivity contribution in [3.05, 3.63) is 121 Å². The maximum Gasteiger partial charge on any atom is 0.261 e. The fourth-order valence-electron chi connectivity index (χ4n) is 2.67. The van der Waals surface area contributed by atoms with Gasteiger partial charge in [-0.2, -0.15) is 0 Å². The van der Waals surface area contributed by atoms with Crippen LogP contribution in [0.5, 0.6) is 0 Å². The summed E-state index contributed by atoms with van der Waals surface area (Å²) in [6, 6.07) is 26.4. The molecule has 0 aliphatic rings. The Morgan fingerprint density at radius 1 is 0.441 bits per heavy atom. The third-order valence-electron chi connectivity index (χ3n) is 4.30. The molecule has 2 N–H and O–H groups in total. The zero-order chi connectivity index (χ0) is 24.6. The summed E-state index contributed by atoms with van der Waals surface area (Å²) in [5.74, 6) is -0.938. The largest absolute Gasteiger partial charge is 0.280 e. The molecule has 4 rings (SSSR count). The first-order chi connectivity index (χ1) is 16.2. The van der Waals surface area contributed by atoms with Gasteiger partial charge in [0.2, 0.25) is 0 Å². The van der Waals surface area contributed by atoms with Crippen LogP contribution in [0.1, 0.15) is 0 Å². The van der Waals surface area contributed by atoms with Crippen molar-refractivity contribution in [2.45, 2.75) is 9.79 Å². The van der Waals surface area contributed by atoms with Gasteiger partial charge in [0.1, 0.15) is 11.6 Å². The Kier molecular flexibility index (Phi) is 7.98. The van der Waals surface area contributed by atoms with Gasteiger partial charge in [-0.3, -0.25) is 9.44 Å². The number of benzene rings is 4. The molecule has 4 aromatic carbocycles. The highest BCUT2D eigenvalue weighted by Crippen LogP contribution is 2.17. The number of nitrogens with one attached hydrogen (secondary N) is 2. The van der Waals surface area contributed by atoms with Crippen LogP contribution in [0.3, 0.4) is 0 Å². The van der Waals surface area contributed by atoms with Crippen LogP contribution < -0.4 is 9.44 Å². The zero-order valence-electron chi connectivity index (χ0n) is 17.6. The molecule has 0 aliphatic carbocycles. The van der Waals surface area contributed by atoms with Gasteiger partial charge in [0.05, 0.1) is 9.79 Å². The topological polar surface area (TPSA) is 92.3 Å². The molecule has 4 aromatic rings. The Morgan fingerprint density at radius 2 is 0.735 bits per heavy atom. The second-order valence-electron chi connectivity index (χ2n) is 6.85. The molecule has 10 heteroatoms. The standard InChI is InChI=1S/2C12H10FNO2S/c2*13-10-6-8-12(9-7-10)17(15,16)14-11-4-2-1-3-5-11/h2*1-9,14H. The van der Waals surface area contributed by atoms with Crippen LogP contribution in [0, 0.1) is 11.6 Å². The lowest BCUT2D eigenvalue weighted by Crippen LogP contribution is -2.12. The Labute approximate surface area is 197 Å². The van der Waals surface area contributed by atoms with Crippen LogP contribution in [0.25, 0.3) is 0 Å². The molecule has 0 aromatic heterocycles. The Bertz CT molecular complexity index is 1300. The minimum Gasteiger partial charge on any atom is -0.280 e. The lowest BCUT2D eigenvalue weighted by Gasteiger charge is -2.07. The van der Waals surface area contributed by atoms with Gasteiger partial charge in [0.25, 0.3) is 20.0 Å². The van der Waals surface area contributed by atoms with Gasteiger partial charge in [-0.15, -0.1) is 0 Å². The molecule has 0 amide bonds. The smallest absolute Gasteiger partial charge is 0.261 e. The van der Waals surface area contributed by atoms with Crippen molar-refractivity contribution in [1.82, 2.24) is 0 Å². The molecule has 6 nitrogen and oxygen atoms in total. The predicted octanol–water partition coefficient (Wildman–Crippen LogP) is 5.25. The van der Waals surface area contributed by atoms with Crippen molar-refractivity contribution in [2.75, 3.05) is 9.44 Å². The van der Waals surface area contributed by atoms with Gasteiger partial charge in [0, 0.05) is 11.4 Å². The van der Waals surface area contributed by atoms with Crippen molar-refractivity contribution in [3.63, 3.8) is 0 Å². The van der Waals surface area contributed by atoms with Crippen LogP contribution in [-0.2, 0) is 20.0 Å². The van der Waals surface area contributed by atoms with E-state index >= 15 is 0 Å². The normalized spacial score (nSPS) is 11.1. The summed E-state index contributed by atoms with van der Waals surface area (Å²) in [7, 11) is -7.29. The molecule has 0 bridgehead atoms. The van der Waals surface area contributed by atoms with E-state index in [9.17, 15) is 25.6 Å². The zero-order valence-corrected chi connectivity index (χ0v) is 19.2. The average molecular weight is 503 g/mol.